The zero-order valence-electron chi connectivity index (χ0n) is 9.25. The van der Waals surface area contributed by atoms with Crippen LogP contribution in [-0.4, -0.2) is 23.3 Å². The van der Waals surface area contributed by atoms with E-state index in [4.69, 9.17) is 0 Å². The van der Waals surface area contributed by atoms with E-state index in [0.717, 1.165) is 21.2 Å². The van der Waals surface area contributed by atoms with Crippen LogP contribution in [-0.2, 0) is 0 Å². The zero-order valence-corrected chi connectivity index (χ0v) is 11.0. The molecule has 0 atom stereocenters. The van der Waals surface area contributed by atoms with Crippen LogP contribution in [0.3, 0.4) is 0 Å². The maximum atomic E-state index is 12.2. The second-order valence-corrected chi connectivity index (χ2v) is 5.90. The summed E-state index contributed by atoms with van der Waals surface area (Å²) in [5.74, 6) is 0.756. The average molecular weight is 289 g/mol. The SMILES string of the molecule is Cc1cccc(-n2[se]c3ccccc3c2=O)n1. The predicted octanol–water partition coefficient (Wildman–Crippen LogP) is 1.75. The Kier molecular flexibility index (Phi) is 2.46. The number of benzene rings is 1. The molecule has 0 fully saturated rings. The quantitative estimate of drug-likeness (QED) is 0.640. The summed E-state index contributed by atoms with van der Waals surface area (Å²) in [5, 5.41) is 0.816. The van der Waals surface area contributed by atoms with E-state index in [1.807, 2.05) is 49.4 Å². The standard InChI is InChI=1S/C13H10N2OSe/c1-9-5-4-8-12(14-9)15-13(16)10-6-2-3-7-11(10)17-15/h2-8H,1H3. The van der Waals surface area contributed by atoms with Crippen molar-refractivity contribution in [3.63, 3.8) is 0 Å². The first-order chi connectivity index (χ1) is 8.25. The van der Waals surface area contributed by atoms with E-state index in [0.29, 0.717) is 0 Å². The fourth-order valence-corrected chi connectivity index (χ4v) is 3.79. The first kappa shape index (κ1) is 10.5. The van der Waals surface area contributed by atoms with Gasteiger partial charge in [-0.15, -0.1) is 0 Å². The molecule has 3 aromatic rings. The van der Waals surface area contributed by atoms with Crippen molar-refractivity contribution in [1.82, 2.24) is 8.55 Å². The van der Waals surface area contributed by atoms with Crippen LogP contribution in [0.1, 0.15) is 5.69 Å². The molecule has 0 aliphatic rings. The van der Waals surface area contributed by atoms with Gasteiger partial charge < -0.3 is 0 Å². The maximum absolute atomic E-state index is 12.2. The first-order valence-electron chi connectivity index (χ1n) is 5.31. The Hall–Kier alpha value is -1.64. The Labute approximate surface area is 104 Å². The van der Waals surface area contributed by atoms with Crippen LogP contribution in [0, 0.1) is 6.92 Å². The molecule has 1 aromatic carbocycles. The number of nitrogens with zero attached hydrogens (tertiary/aromatic N) is 2. The number of aryl methyl sites for hydroxylation is 1. The summed E-state index contributed by atoms with van der Waals surface area (Å²) in [4.78, 5) is 16.6. The molecule has 0 aliphatic heterocycles. The topological polar surface area (TPSA) is 34.9 Å². The Morgan fingerprint density at radius 2 is 1.94 bits per heavy atom. The summed E-state index contributed by atoms with van der Waals surface area (Å²) in [5.41, 5.74) is 1.00. The van der Waals surface area contributed by atoms with Gasteiger partial charge >= 0.3 is 104 Å². The minimum atomic E-state index is 0.00840. The van der Waals surface area contributed by atoms with Crippen molar-refractivity contribution in [1.29, 1.82) is 0 Å². The molecule has 3 nitrogen and oxygen atoms in total. The van der Waals surface area contributed by atoms with Gasteiger partial charge in [-0.05, 0) is 0 Å². The zero-order chi connectivity index (χ0) is 11.8. The molecule has 2 heterocycles. The Morgan fingerprint density at radius 3 is 2.71 bits per heavy atom. The fourth-order valence-electron chi connectivity index (χ4n) is 1.76. The van der Waals surface area contributed by atoms with Crippen LogP contribution in [0.2, 0.25) is 0 Å². The number of pyridine rings is 1. The number of hydrogen-bond donors (Lipinski definition) is 0. The van der Waals surface area contributed by atoms with Gasteiger partial charge in [0.2, 0.25) is 0 Å². The van der Waals surface area contributed by atoms with Gasteiger partial charge in [0.15, 0.2) is 0 Å². The van der Waals surface area contributed by atoms with E-state index in [1.54, 1.807) is 3.56 Å². The van der Waals surface area contributed by atoms with Crippen molar-refractivity contribution in [2.24, 2.45) is 0 Å². The second-order valence-electron chi connectivity index (χ2n) is 3.82. The summed E-state index contributed by atoms with van der Waals surface area (Å²) in [6, 6.07) is 13.5. The molecule has 84 valence electrons. The molecule has 0 amide bonds. The summed E-state index contributed by atoms with van der Waals surface area (Å²) < 4.78 is 2.92. The van der Waals surface area contributed by atoms with Crippen molar-refractivity contribution < 1.29 is 0 Å². The van der Waals surface area contributed by atoms with Crippen LogP contribution in [0.4, 0.5) is 0 Å². The van der Waals surface area contributed by atoms with Gasteiger partial charge in [0.25, 0.3) is 0 Å². The predicted molar refractivity (Wildman–Crippen MR) is 69.0 cm³/mol. The molecule has 0 saturated carbocycles. The van der Waals surface area contributed by atoms with Crippen LogP contribution >= 0.6 is 0 Å². The molecular weight excluding hydrogens is 279 g/mol. The van der Waals surface area contributed by atoms with Crippen LogP contribution in [0.25, 0.3) is 15.5 Å². The number of rotatable bonds is 1. The Balaban J connectivity index is 2.31. The van der Waals surface area contributed by atoms with Crippen LogP contribution in [0.5, 0.6) is 0 Å². The molecule has 0 spiro atoms. The molecule has 0 radical (unpaired) electrons. The van der Waals surface area contributed by atoms with Gasteiger partial charge in [-0.1, -0.05) is 0 Å². The number of hydrogen-bond acceptors (Lipinski definition) is 2. The minimum absolute atomic E-state index is 0.00840. The van der Waals surface area contributed by atoms with Crippen molar-refractivity contribution in [3.05, 3.63) is 58.5 Å². The summed E-state index contributed by atoms with van der Waals surface area (Å²) in [6.07, 6.45) is 0. The van der Waals surface area contributed by atoms with Gasteiger partial charge in [0, 0.05) is 0 Å². The molecule has 3 rings (SSSR count). The third kappa shape index (κ3) is 1.75. The molecule has 17 heavy (non-hydrogen) atoms. The van der Waals surface area contributed by atoms with E-state index in [2.05, 4.69) is 4.98 Å². The van der Waals surface area contributed by atoms with Crippen molar-refractivity contribution in [3.8, 4) is 5.82 Å². The van der Waals surface area contributed by atoms with Crippen molar-refractivity contribution >= 4 is 24.4 Å². The van der Waals surface area contributed by atoms with Gasteiger partial charge in [0.1, 0.15) is 0 Å². The van der Waals surface area contributed by atoms with Crippen LogP contribution < -0.4 is 5.56 Å². The van der Waals surface area contributed by atoms with Crippen molar-refractivity contribution in [2.45, 2.75) is 6.92 Å². The normalized spacial score (nSPS) is 10.9. The summed E-state index contributed by atoms with van der Waals surface area (Å²) in [6.45, 7) is 1.93. The Morgan fingerprint density at radius 1 is 1.12 bits per heavy atom. The van der Waals surface area contributed by atoms with Gasteiger partial charge in [0.05, 0.1) is 0 Å². The molecule has 4 heteroatoms. The summed E-state index contributed by atoms with van der Waals surface area (Å²) >= 11 is 0.00840. The Bertz CT molecular complexity index is 742. The van der Waals surface area contributed by atoms with Gasteiger partial charge in [-0.2, -0.15) is 0 Å². The van der Waals surface area contributed by atoms with E-state index >= 15 is 0 Å². The number of aromatic nitrogens is 2. The van der Waals surface area contributed by atoms with E-state index in [1.165, 1.54) is 0 Å². The summed E-state index contributed by atoms with van der Waals surface area (Å²) in [7, 11) is 0. The molecule has 0 saturated heterocycles. The van der Waals surface area contributed by atoms with Crippen LogP contribution in [0.15, 0.2) is 47.3 Å². The molecule has 2 aromatic heterocycles. The third-order valence-electron chi connectivity index (χ3n) is 2.57. The molecule has 0 unspecified atom stereocenters. The second kappa shape index (κ2) is 3.99. The van der Waals surface area contributed by atoms with Crippen molar-refractivity contribution in [2.75, 3.05) is 0 Å². The molecular formula is C13H10N2OSe. The molecule has 0 N–H and O–H groups in total. The van der Waals surface area contributed by atoms with E-state index in [-0.39, 0.29) is 20.3 Å². The number of fused-ring (bicyclic) bond motifs is 1. The fraction of sp³-hybridized carbons (Fsp3) is 0.0769. The van der Waals surface area contributed by atoms with E-state index in [9.17, 15) is 4.79 Å². The molecule has 0 bridgehead atoms. The van der Waals surface area contributed by atoms with Gasteiger partial charge in [-0.25, -0.2) is 0 Å². The van der Waals surface area contributed by atoms with Gasteiger partial charge in [-0.3, -0.25) is 0 Å². The average Bonchev–Trinajstić information content (AvgIpc) is 2.68. The molecule has 0 aliphatic carbocycles. The van der Waals surface area contributed by atoms with E-state index < -0.39 is 0 Å². The monoisotopic (exact) mass is 290 g/mol. The first-order valence-corrected chi connectivity index (χ1v) is 6.93. The third-order valence-corrected chi connectivity index (χ3v) is 4.86.